The molecule has 0 unspecified atom stereocenters. The molecule has 0 atom stereocenters. The fourth-order valence-corrected chi connectivity index (χ4v) is 2.23. The molecule has 0 aliphatic rings. The molecule has 0 radical (unpaired) electrons. The molecule has 1 heterocycles. The van der Waals surface area contributed by atoms with Crippen LogP contribution in [0.5, 0.6) is 5.75 Å². The van der Waals surface area contributed by atoms with Crippen molar-refractivity contribution in [1.82, 2.24) is 10.2 Å². The number of nitrogens with zero attached hydrogens (tertiary/aromatic N) is 2. The Morgan fingerprint density at radius 3 is 3.05 bits per heavy atom. The van der Waals surface area contributed by atoms with E-state index < -0.39 is 0 Å². The number of hydrogen-bond donors (Lipinski definition) is 1. The van der Waals surface area contributed by atoms with Crippen LogP contribution in [0.15, 0.2) is 30.3 Å². The third kappa shape index (κ3) is 4.04. The molecule has 5 nitrogen and oxygen atoms in total. The summed E-state index contributed by atoms with van der Waals surface area (Å²) in [6.45, 7) is 0. The van der Waals surface area contributed by atoms with Crippen molar-refractivity contribution in [2.75, 3.05) is 12.4 Å². The summed E-state index contributed by atoms with van der Waals surface area (Å²) in [5, 5.41) is 11.3. The number of ether oxygens (including phenoxy) is 1. The van der Waals surface area contributed by atoms with Crippen molar-refractivity contribution in [2.24, 2.45) is 0 Å². The summed E-state index contributed by atoms with van der Waals surface area (Å²) in [4.78, 5) is 11.7. The van der Waals surface area contributed by atoms with Crippen LogP contribution in [0.4, 0.5) is 5.13 Å². The predicted octanol–water partition coefficient (Wildman–Crippen LogP) is 2.94. The van der Waals surface area contributed by atoms with E-state index in [1.807, 2.05) is 24.3 Å². The van der Waals surface area contributed by atoms with Gasteiger partial charge in [0.2, 0.25) is 11.0 Å². The molecule has 2 aromatic rings. The number of nitrogens with one attached hydrogen (secondary N) is 1. The monoisotopic (exact) mass is 309 g/mol. The van der Waals surface area contributed by atoms with Crippen LogP contribution in [0.3, 0.4) is 0 Å². The molecular formula is C13H12ClN3O2S. The summed E-state index contributed by atoms with van der Waals surface area (Å²) in [6, 6.07) is 7.41. The van der Waals surface area contributed by atoms with E-state index in [1.165, 1.54) is 17.4 Å². The van der Waals surface area contributed by atoms with E-state index in [0.717, 1.165) is 11.3 Å². The number of aromatic nitrogens is 2. The van der Waals surface area contributed by atoms with Gasteiger partial charge in [-0.3, -0.25) is 10.1 Å². The lowest BCUT2D eigenvalue weighted by Crippen LogP contribution is -2.07. The molecule has 1 amide bonds. The summed E-state index contributed by atoms with van der Waals surface area (Å²) in [5.41, 5.74) is 0.873. The van der Waals surface area contributed by atoms with Gasteiger partial charge in [0.25, 0.3) is 0 Å². The zero-order valence-electron chi connectivity index (χ0n) is 10.7. The van der Waals surface area contributed by atoms with Crippen LogP contribution in [0, 0.1) is 0 Å². The first kappa shape index (κ1) is 14.5. The minimum atomic E-state index is -0.273. The number of rotatable bonds is 5. The third-order valence-electron chi connectivity index (χ3n) is 2.33. The van der Waals surface area contributed by atoms with Crippen molar-refractivity contribution in [2.45, 2.75) is 5.88 Å². The van der Waals surface area contributed by atoms with E-state index in [-0.39, 0.29) is 11.8 Å². The zero-order valence-corrected chi connectivity index (χ0v) is 12.2. The van der Waals surface area contributed by atoms with Crippen LogP contribution in [0.1, 0.15) is 10.6 Å². The van der Waals surface area contributed by atoms with Gasteiger partial charge < -0.3 is 4.74 Å². The number of hydrogen-bond acceptors (Lipinski definition) is 5. The Hall–Kier alpha value is -1.92. The second-order valence-electron chi connectivity index (χ2n) is 3.73. The lowest BCUT2D eigenvalue weighted by molar-refractivity contribution is -0.111. The highest BCUT2D eigenvalue weighted by molar-refractivity contribution is 7.15. The first-order valence-corrected chi connectivity index (χ1v) is 7.08. The maximum Gasteiger partial charge on any atom is 0.250 e. The lowest BCUT2D eigenvalue weighted by atomic mass is 10.2. The van der Waals surface area contributed by atoms with Crippen molar-refractivity contribution < 1.29 is 9.53 Å². The van der Waals surface area contributed by atoms with Gasteiger partial charge in [0.05, 0.1) is 13.0 Å². The van der Waals surface area contributed by atoms with Crippen molar-refractivity contribution in [1.29, 1.82) is 0 Å². The molecule has 0 fully saturated rings. The SMILES string of the molecule is COc1cccc(/C=C/C(=O)Nc2nnc(CCl)s2)c1. The molecule has 1 N–H and O–H groups in total. The topological polar surface area (TPSA) is 64.1 Å². The molecule has 104 valence electrons. The van der Waals surface area contributed by atoms with Gasteiger partial charge in [-0.05, 0) is 23.8 Å². The maximum atomic E-state index is 11.7. The second-order valence-corrected chi connectivity index (χ2v) is 5.06. The summed E-state index contributed by atoms with van der Waals surface area (Å²) in [7, 11) is 1.60. The molecule has 0 aliphatic carbocycles. The Morgan fingerprint density at radius 1 is 1.50 bits per heavy atom. The number of halogens is 1. The average molecular weight is 310 g/mol. The van der Waals surface area contributed by atoms with Crippen molar-refractivity contribution in [3.63, 3.8) is 0 Å². The van der Waals surface area contributed by atoms with E-state index >= 15 is 0 Å². The number of carbonyl (C=O) groups excluding carboxylic acids is 1. The van der Waals surface area contributed by atoms with Gasteiger partial charge in [0.1, 0.15) is 10.8 Å². The molecular weight excluding hydrogens is 298 g/mol. The normalized spacial score (nSPS) is 10.7. The number of benzene rings is 1. The van der Waals surface area contributed by atoms with Crippen LogP contribution in [0.25, 0.3) is 6.08 Å². The average Bonchev–Trinajstić information content (AvgIpc) is 2.93. The molecule has 2 rings (SSSR count). The molecule has 0 saturated heterocycles. The number of carbonyl (C=O) groups is 1. The van der Waals surface area contributed by atoms with E-state index in [2.05, 4.69) is 15.5 Å². The first-order valence-electron chi connectivity index (χ1n) is 5.72. The van der Waals surface area contributed by atoms with Gasteiger partial charge in [-0.1, -0.05) is 23.5 Å². The Balaban J connectivity index is 1.97. The predicted molar refractivity (Wildman–Crippen MR) is 80.1 cm³/mol. The second kappa shape index (κ2) is 7.02. The molecule has 0 bridgehead atoms. The van der Waals surface area contributed by atoms with E-state index in [9.17, 15) is 4.79 Å². The number of anilines is 1. The maximum absolute atomic E-state index is 11.7. The summed E-state index contributed by atoms with van der Waals surface area (Å²) >= 11 is 6.86. The van der Waals surface area contributed by atoms with Crippen molar-refractivity contribution >= 4 is 40.1 Å². The lowest BCUT2D eigenvalue weighted by Gasteiger charge is -2.00. The minimum Gasteiger partial charge on any atom is -0.497 e. The molecule has 1 aromatic heterocycles. The fourth-order valence-electron chi connectivity index (χ4n) is 1.42. The van der Waals surface area contributed by atoms with E-state index in [1.54, 1.807) is 13.2 Å². The fraction of sp³-hybridized carbons (Fsp3) is 0.154. The van der Waals surface area contributed by atoms with Gasteiger partial charge in [-0.25, -0.2) is 0 Å². The highest BCUT2D eigenvalue weighted by Gasteiger charge is 2.05. The Morgan fingerprint density at radius 2 is 2.35 bits per heavy atom. The number of methoxy groups -OCH3 is 1. The molecule has 20 heavy (non-hydrogen) atoms. The van der Waals surface area contributed by atoms with E-state index in [4.69, 9.17) is 16.3 Å². The number of alkyl halides is 1. The highest BCUT2D eigenvalue weighted by Crippen LogP contribution is 2.17. The van der Waals surface area contributed by atoms with Gasteiger partial charge in [-0.2, -0.15) is 0 Å². The standard InChI is InChI=1S/C13H12ClN3O2S/c1-19-10-4-2-3-9(7-10)5-6-11(18)15-13-17-16-12(8-14)20-13/h2-7H,8H2,1H3,(H,15,17,18)/b6-5+. The summed E-state index contributed by atoms with van der Waals surface area (Å²) in [6.07, 6.45) is 3.12. The summed E-state index contributed by atoms with van der Waals surface area (Å²) < 4.78 is 5.11. The Labute approximate surface area is 125 Å². The van der Waals surface area contributed by atoms with Crippen LogP contribution < -0.4 is 10.1 Å². The Kier molecular flexibility index (Phi) is 5.09. The van der Waals surface area contributed by atoms with Crippen LogP contribution in [-0.4, -0.2) is 23.2 Å². The molecule has 0 aliphatic heterocycles. The van der Waals surface area contributed by atoms with Gasteiger partial charge >= 0.3 is 0 Å². The quantitative estimate of drug-likeness (QED) is 0.681. The minimum absolute atomic E-state index is 0.273. The van der Waals surface area contributed by atoms with Crippen LogP contribution >= 0.6 is 22.9 Å². The van der Waals surface area contributed by atoms with Crippen molar-refractivity contribution in [3.8, 4) is 5.75 Å². The van der Waals surface area contributed by atoms with Gasteiger partial charge in [0, 0.05) is 6.08 Å². The summed E-state index contributed by atoms with van der Waals surface area (Å²) in [5.74, 6) is 0.751. The molecule has 1 aromatic carbocycles. The third-order valence-corrected chi connectivity index (χ3v) is 3.58. The highest BCUT2D eigenvalue weighted by atomic mass is 35.5. The van der Waals surface area contributed by atoms with Gasteiger partial charge in [0.15, 0.2) is 0 Å². The van der Waals surface area contributed by atoms with Crippen LogP contribution in [-0.2, 0) is 10.7 Å². The van der Waals surface area contributed by atoms with Gasteiger partial charge in [-0.15, -0.1) is 21.8 Å². The number of amides is 1. The van der Waals surface area contributed by atoms with Crippen LogP contribution in [0.2, 0.25) is 0 Å². The smallest absolute Gasteiger partial charge is 0.250 e. The Bertz CT molecular complexity index is 628. The molecule has 0 spiro atoms. The zero-order chi connectivity index (χ0) is 14.4. The largest absolute Gasteiger partial charge is 0.497 e. The van der Waals surface area contributed by atoms with E-state index in [0.29, 0.717) is 10.1 Å². The first-order chi connectivity index (χ1) is 9.71. The van der Waals surface area contributed by atoms with Crippen molar-refractivity contribution in [3.05, 3.63) is 40.9 Å². The molecule has 7 heteroatoms. The molecule has 0 saturated carbocycles.